The van der Waals surface area contributed by atoms with Crippen LogP contribution < -0.4 is 32.3 Å². The Hall–Kier alpha value is -5.39. The number of hydrogen-bond acceptors (Lipinski definition) is 10. The highest BCUT2D eigenvalue weighted by molar-refractivity contribution is 6.38. The number of nitrogens with zero attached hydrogens (tertiary/aromatic N) is 1. The summed E-state index contributed by atoms with van der Waals surface area (Å²) in [5.74, 6) is -8.85. The highest BCUT2D eigenvalue weighted by atomic mass is 16.5. The second-order valence-corrected chi connectivity index (χ2v) is 18.1. The first-order valence-electron chi connectivity index (χ1n) is 24.2. The molecule has 18 heteroatoms. The monoisotopic (exact) mass is 924 g/mol. The van der Waals surface area contributed by atoms with Crippen LogP contribution in [0.15, 0.2) is 30.3 Å². The number of nitrogens with two attached hydrogens (primary N) is 1. The number of nitrogens with one attached hydrogen (secondary N) is 5. The van der Waals surface area contributed by atoms with E-state index in [-0.39, 0.29) is 38.3 Å². The van der Waals surface area contributed by atoms with Gasteiger partial charge in [0.1, 0.15) is 24.2 Å². The number of hydrogen-bond donors (Lipinski definition) is 7. The Morgan fingerprint density at radius 2 is 1.36 bits per heavy atom. The van der Waals surface area contributed by atoms with Gasteiger partial charge in [-0.1, -0.05) is 115 Å². The summed E-state index contributed by atoms with van der Waals surface area (Å²) < 4.78 is 6.25. The zero-order valence-electron chi connectivity index (χ0n) is 39.0. The Morgan fingerprint density at radius 3 is 1.98 bits per heavy atom. The van der Waals surface area contributed by atoms with E-state index in [1.54, 1.807) is 6.92 Å². The number of Topliss-reactive ketones (excluding diaryl/α,β-unsaturated/α-hetero) is 1. The van der Waals surface area contributed by atoms with Gasteiger partial charge in [-0.2, -0.15) is 0 Å². The topological polar surface area (TPSA) is 272 Å². The Morgan fingerprint density at radius 1 is 0.727 bits per heavy atom. The maximum Gasteiger partial charge on any atom is 0.307 e. The van der Waals surface area contributed by atoms with Gasteiger partial charge in [-0.25, -0.2) is 0 Å². The number of carbonyl (C=O) groups is 9. The fourth-order valence-corrected chi connectivity index (χ4v) is 9.35. The van der Waals surface area contributed by atoms with Crippen molar-refractivity contribution in [3.63, 3.8) is 0 Å². The second-order valence-electron chi connectivity index (χ2n) is 18.1. The van der Waals surface area contributed by atoms with Crippen molar-refractivity contribution in [2.45, 2.75) is 179 Å². The van der Waals surface area contributed by atoms with Crippen LogP contribution in [-0.4, -0.2) is 113 Å². The standard InChI is InChI=1S/C48H73N7O11/c1-4-7-24-36(42(49)58)53-44(60)37(25-8-5-2)51-39(56)27-50-46(62)41(57)35(17-6-3)52-45(61)38-26-32(66-29-30-18-11-9-12-19-30)28-55(38)47(63)40(31-20-13-10-14-21-31)54-43(59)33-22-15-16-23-34(33)48(64)65/h9,11-12,18-19,31-38,40H,4-8,10,13-17,20-29H2,1-3H3,(H2,49,58)(H,50,62)(H,51,56)(H,52,61)(H,53,60)(H,54,59)(H,64,65). The average molecular weight is 924 g/mol. The molecular weight excluding hydrogens is 851 g/mol. The van der Waals surface area contributed by atoms with Gasteiger partial charge in [0.15, 0.2) is 0 Å². The number of aliphatic carboxylic acids is 1. The third kappa shape index (κ3) is 15.9. The number of likely N-dealkylation sites (tertiary alicyclic amines) is 1. The van der Waals surface area contributed by atoms with Crippen molar-refractivity contribution >= 4 is 53.1 Å². The van der Waals surface area contributed by atoms with Crippen molar-refractivity contribution in [3.8, 4) is 0 Å². The van der Waals surface area contributed by atoms with Gasteiger partial charge in [-0.05, 0) is 56.4 Å². The quantitative estimate of drug-likeness (QED) is 0.0664. The molecule has 0 bridgehead atoms. The van der Waals surface area contributed by atoms with Gasteiger partial charge in [0, 0.05) is 13.0 Å². The van der Waals surface area contributed by atoms with Crippen LogP contribution in [0.1, 0.15) is 142 Å². The Labute approximate surface area is 388 Å². The van der Waals surface area contributed by atoms with Crippen molar-refractivity contribution in [1.82, 2.24) is 31.5 Å². The fourth-order valence-electron chi connectivity index (χ4n) is 9.35. The first-order valence-corrected chi connectivity index (χ1v) is 24.2. The molecular formula is C48H73N7O11. The predicted octanol–water partition coefficient (Wildman–Crippen LogP) is 2.93. The number of ether oxygens (including phenoxy) is 1. The van der Waals surface area contributed by atoms with Crippen molar-refractivity contribution in [3.05, 3.63) is 35.9 Å². The van der Waals surface area contributed by atoms with Gasteiger partial charge in [0.05, 0.1) is 37.1 Å². The number of rotatable bonds is 26. The van der Waals surface area contributed by atoms with Crippen molar-refractivity contribution in [1.29, 1.82) is 0 Å². The van der Waals surface area contributed by atoms with Crippen LogP contribution >= 0.6 is 0 Å². The van der Waals surface area contributed by atoms with Crippen molar-refractivity contribution in [2.24, 2.45) is 23.5 Å². The van der Waals surface area contributed by atoms with Gasteiger partial charge in [-0.15, -0.1) is 0 Å². The molecule has 18 nitrogen and oxygen atoms in total. The van der Waals surface area contributed by atoms with E-state index >= 15 is 0 Å². The number of carboxylic acid groups (broad SMARTS) is 1. The summed E-state index contributed by atoms with van der Waals surface area (Å²) in [5.41, 5.74) is 6.38. The third-order valence-corrected chi connectivity index (χ3v) is 13.1. The van der Waals surface area contributed by atoms with E-state index in [1.165, 1.54) is 4.90 Å². The van der Waals surface area contributed by atoms with Crippen LogP contribution in [0.25, 0.3) is 0 Å². The molecule has 0 aromatic heterocycles. The van der Waals surface area contributed by atoms with E-state index < -0.39 is 108 Å². The lowest BCUT2D eigenvalue weighted by Crippen LogP contribution is -2.59. The van der Waals surface area contributed by atoms with Crippen LogP contribution in [0.4, 0.5) is 0 Å². The number of carboxylic acids is 1. The highest BCUT2D eigenvalue weighted by Gasteiger charge is 2.46. The molecule has 7 amide bonds. The zero-order valence-corrected chi connectivity index (χ0v) is 39.0. The molecule has 8 unspecified atom stereocenters. The lowest BCUT2D eigenvalue weighted by atomic mass is 9.78. The average Bonchev–Trinajstić information content (AvgIpc) is 3.76. The number of primary amides is 1. The molecule has 0 spiro atoms. The summed E-state index contributed by atoms with van der Waals surface area (Å²) in [5, 5.41) is 23.1. The molecule has 1 saturated heterocycles. The van der Waals surface area contributed by atoms with Gasteiger partial charge in [0.2, 0.25) is 41.2 Å². The van der Waals surface area contributed by atoms with E-state index in [4.69, 9.17) is 10.5 Å². The van der Waals surface area contributed by atoms with Crippen molar-refractivity contribution in [2.75, 3.05) is 13.1 Å². The summed E-state index contributed by atoms with van der Waals surface area (Å²) in [4.78, 5) is 122. The normalized spacial score (nSPS) is 21.6. The lowest BCUT2D eigenvalue weighted by molar-refractivity contribution is -0.150. The van der Waals surface area contributed by atoms with Gasteiger partial charge < -0.3 is 47.1 Å². The van der Waals surface area contributed by atoms with E-state index in [1.807, 2.05) is 44.2 Å². The van der Waals surface area contributed by atoms with Gasteiger partial charge >= 0.3 is 5.97 Å². The molecule has 0 radical (unpaired) electrons. The van der Waals surface area contributed by atoms with Crippen LogP contribution in [0.3, 0.4) is 0 Å². The zero-order chi connectivity index (χ0) is 48.2. The van der Waals surface area contributed by atoms with E-state index in [0.717, 1.165) is 31.2 Å². The molecule has 8 atom stereocenters. The molecule has 8 N–H and O–H groups in total. The summed E-state index contributed by atoms with van der Waals surface area (Å²) in [6.07, 6.45) is 9.32. The molecule has 66 heavy (non-hydrogen) atoms. The summed E-state index contributed by atoms with van der Waals surface area (Å²) in [6, 6.07) is 3.95. The van der Waals surface area contributed by atoms with Crippen LogP contribution in [-0.2, 0) is 54.5 Å². The Bertz CT molecular complexity index is 1820. The van der Waals surface area contributed by atoms with Gasteiger partial charge in [-0.3, -0.25) is 43.2 Å². The number of benzene rings is 1. The molecule has 3 aliphatic rings. The minimum absolute atomic E-state index is 0.00517. The minimum atomic E-state index is -1.32. The first kappa shape index (κ1) is 53.2. The molecule has 366 valence electrons. The first-order chi connectivity index (χ1) is 31.7. The maximum absolute atomic E-state index is 14.9. The summed E-state index contributed by atoms with van der Waals surface area (Å²) in [6.45, 7) is 5.16. The lowest BCUT2D eigenvalue weighted by Gasteiger charge is -2.36. The summed E-state index contributed by atoms with van der Waals surface area (Å²) >= 11 is 0. The molecule has 4 rings (SSSR count). The molecule has 1 aromatic rings. The van der Waals surface area contributed by atoms with E-state index in [0.29, 0.717) is 70.6 Å². The Balaban J connectivity index is 1.49. The third-order valence-electron chi connectivity index (χ3n) is 13.1. The van der Waals surface area contributed by atoms with Crippen LogP contribution in [0.2, 0.25) is 0 Å². The largest absolute Gasteiger partial charge is 0.481 e. The van der Waals surface area contributed by atoms with Crippen LogP contribution in [0, 0.1) is 17.8 Å². The van der Waals surface area contributed by atoms with E-state index in [9.17, 15) is 48.3 Å². The number of carbonyl (C=O) groups excluding carboxylic acids is 8. The second kappa shape index (κ2) is 27.3. The smallest absolute Gasteiger partial charge is 0.307 e. The van der Waals surface area contributed by atoms with Crippen LogP contribution in [0.5, 0.6) is 0 Å². The van der Waals surface area contributed by atoms with Crippen molar-refractivity contribution < 1.29 is 53.0 Å². The highest BCUT2D eigenvalue weighted by Crippen LogP contribution is 2.33. The maximum atomic E-state index is 14.9. The molecule has 1 aliphatic heterocycles. The molecule has 1 aromatic carbocycles. The molecule has 3 fully saturated rings. The number of unbranched alkanes of at least 4 members (excludes halogenated alkanes) is 2. The SMILES string of the molecule is CCCCC(NC(=O)C(CCCC)NC(=O)CNC(=O)C(=O)C(CCC)NC(=O)C1CC(OCc2ccccc2)CN1C(=O)C(NC(=O)C1CCCCC1C(=O)O)C1CCCCC1)C(N)=O. The number of ketones is 1. The predicted molar refractivity (Wildman–Crippen MR) is 244 cm³/mol. The van der Waals surface area contributed by atoms with E-state index in [2.05, 4.69) is 26.6 Å². The molecule has 2 saturated carbocycles. The van der Waals surface area contributed by atoms with Gasteiger partial charge in [0.25, 0.3) is 5.91 Å². The molecule has 1 heterocycles. The number of amides is 7. The Kier molecular flexibility index (Phi) is 22.0. The summed E-state index contributed by atoms with van der Waals surface area (Å²) in [7, 11) is 0. The minimum Gasteiger partial charge on any atom is -0.481 e. The molecule has 2 aliphatic carbocycles. The fraction of sp³-hybridized carbons (Fsp3) is 0.688.